The third kappa shape index (κ3) is 2.72. The van der Waals surface area contributed by atoms with E-state index in [1.807, 2.05) is 0 Å². The van der Waals surface area contributed by atoms with E-state index in [4.69, 9.17) is 10.5 Å². The number of halogens is 2. The first-order valence-corrected chi connectivity index (χ1v) is 5.62. The molecule has 0 unspecified atom stereocenters. The lowest BCUT2D eigenvalue weighted by Gasteiger charge is -2.11. The topological polar surface area (TPSA) is 78.4 Å². The molecule has 0 saturated heterocycles. The Morgan fingerprint density at radius 2 is 1.95 bits per heavy atom. The third-order valence-corrected chi connectivity index (χ3v) is 2.61. The van der Waals surface area contributed by atoms with E-state index in [1.54, 1.807) is 6.07 Å². The molecule has 2 N–H and O–H groups in total. The zero-order chi connectivity index (χ0) is 14.7. The molecule has 0 amide bonds. The van der Waals surface area contributed by atoms with Crippen molar-refractivity contribution >= 4 is 5.69 Å². The molecule has 20 heavy (non-hydrogen) atoms. The molecule has 0 spiro atoms. The molecule has 0 saturated carbocycles. The SMILES string of the molecule is NCc1cccc(F)c1Oc1ccc([N+](=O)[O-])cc1F. The van der Waals surface area contributed by atoms with Crippen LogP contribution in [0.15, 0.2) is 36.4 Å². The quantitative estimate of drug-likeness (QED) is 0.689. The van der Waals surface area contributed by atoms with Gasteiger partial charge in [-0.25, -0.2) is 8.78 Å². The van der Waals surface area contributed by atoms with Crippen molar-refractivity contribution in [1.82, 2.24) is 0 Å². The third-order valence-electron chi connectivity index (χ3n) is 2.61. The fourth-order valence-corrected chi connectivity index (χ4v) is 1.62. The van der Waals surface area contributed by atoms with E-state index in [0.717, 1.165) is 18.2 Å². The van der Waals surface area contributed by atoms with Gasteiger partial charge in [-0.3, -0.25) is 10.1 Å². The molecule has 2 aromatic rings. The zero-order valence-corrected chi connectivity index (χ0v) is 10.2. The number of para-hydroxylation sites is 1. The molecule has 0 atom stereocenters. The lowest BCUT2D eigenvalue weighted by molar-refractivity contribution is -0.385. The smallest absolute Gasteiger partial charge is 0.272 e. The van der Waals surface area contributed by atoms with Gasteiger partial charge in [0.1, 0.15) is 0 Å². The van der Waals surface area contributed by atoms with Gasteiger partial charge < -0.3 is 10.5 Å². The summed E-state index contributed by atoms with van der Waals surface area (Å²) < 4.78 is 32.5. The summed E-state index contributed by atoms with van der Waals surface area (Å²) in [5, 5.41) is 10.5. The number of non-ortho nitro benzene ring substituents is 1. The molecule has 0 aliphatic heterocycles. The van der Waals surface area contributed by atoms with Gasteiger partial charge in [0.25, 0.3) is 5.69 Å². The molecule has 0 aliphatic rings. The van der Waals surface area contributed by atoms with E-state index >= 15 is 0 Å². The number of nitro groups is 1. The van der Waals surface area contributed by atoms with Crippen LogP contribution in [-0.4, -0.2) is 4.92 Å². The molecule has 104 valence electrons. The van der Waals surface area contributed by atoms with E-state index < -0.39 is 22.2 Å². The number of benzene rings is 2. The molecule has 0 aliphatic carbocycles. The first kappa shape index (κ1) is 13.9. The Balaban J connectivity index is 2.38. The Morgan fingerprint density at radius 3 is 2.55 bits per heavy atom. The molecule has 5 nitrogen and oxygen atoms in total. The molecule has 2 aromatic carbocycles. The van der Waals surface area contributed by atoms with E-state index in [-0.39, 0.29) is 18.0 Å². The maximum absolute atomic E-state index is 13.7. The summed E-state index contributed by atoms with van der Waals surface area (Å²) in [7, 11) is 0. The van der Waals surface area contributed by atoms with Crippen LogP contribution in [0.25, 0.3) is 0 Å². The van der Waals surface area contributed by atoms with Crippen LogP contribution in [0.4, 0.5) is 14.5 Å². The summed E-state index contributed by atoms with van der Waals surface area (Å²) >= 11 is 0. The highest BCUT2D eigenvalue weighted by molar-refractivity contribution is 5.42. The maximum atomic E-state index is 13.7. The number of nitrogens with two attached hydrogens (primary N) is 1. The van der Waals surface area contributed by atoms with E-state index in [2.05, 4.69) is 0 Å². The van der Waals surface area contributed by atoms with Crippen LogP contribution in [0.5, 0.6) is 11.5 Å². The molecule has 7 heteroatoms. The van der Waals surface area contributed by atoms with Crippen molar-refractivity contribution in [1.29, 1.82) is 0 Å². The highest BCUT2D eigenvalue weighted by atomic mass is 19.1. The van der Waals surface area contributed by atoms with Crippen LogP contribution in [-0.2, 0) is 6.54 Å². The van der Waals surface area contributed by atoms with Crippen molar-refractivity contribution in [3.63, 3.8) is 0 Å². The highest BCUT2D eigenvalue weighted by Crippen LogP contribution is 2.31. The second kappa shape index (κ2) is 5.62. The van der Waals surface area contributed by atoms with Gasteiger partial charge in [0.05, 0.1) is 11.0 Å². The lowest BCUT2D eigenvalue weighted by atomic mass is 10.2. The second-order valence-electron chi connectivity index (χ2n) is 3.91. The lowest BCUT2D eigenvalue weighted by Crippen LogP contribution is -2.02. The van der Waals surface area contributed by atoms with Crippen molar-refractivity contribution in [2.24, 2.45) is 5.73 Å². The monoisotopic (exact) mass is 280 g/mol. The number of hydrogen-bond acceptors (Lipinski definition) is 4. The van der Waals surface area contributed by atoms with Gasteiger partial charge in [0.15, 0.2) is 23.1 Å². The molecule has 0 bridgehead atoms. The summed E-state index contributed by atoms with van der Waals surface area (Å²) in [6, 6.07) is 7.00. The normalized spacial score (nSPS) is 10.3. The standard InChI is InChI=1S/C13H10F2N2O3/c14-10-3-1-2-8(7-16)13(10)20-12-5-4-9(17(18)19)6-11(12)15/h1-6H,7,16H2. The number of nitrogens with zero attached hydrogens (tertiary/aromatic N) is 1. The second-order valence-corrected chi connectivity index (χ2v) is 3.91. The summed E-state index contributed by atoms with van der Waals surface area (Å²) in [4.78, 5) is 9.76. The summed E-state index contributed by atoms with van der Waals surface area (Å²) in [6.07, 6.45) is 0. The molecular weight excluding hydrogens is 270 g/mol. The minimum Gasteiger partial charge on any atom is -0.451 e. The van der Waals surface area contributed by atoms with Crippen LogP contribution < -0.4 is 10.5 Å². The maximum Gasteiger partial charge on any atom is 0.272 e. The van der Waals surface area contributed by atoms with Gasteiger partial charge in [-0.15, -0.1) is 0 Å². The minimum absolute atomic E-state index is 0.0156. The van der Waals surface area contributed by atoms with Gasteiger partial charge in [0, 0.05) is 18.2 Å². The Kier molecular flexibility index (Phi) is 3.90. The highest BCUT2D eigenvalue weighted by Gasteiger charge is 2.15. The summed E-state index contributed by atoms with van der Waals surface area (Å²) in [6.45, 7) is 0.0156. The van der Waals surface area contributed by atoms with Crippen LogP contribution in [0.1, 0.15) is 5.56 Å². The van der Waals surface area contributed by atoms with Crippen LogP contribution in [0.2, 0.25) is 0 Å². The fourth-order valence-electron chi connectivity index (χ4n) is 1.62. The predicted octanol–water partition coefficient (Wildman–Crippen LogP) is 3.12. The average molecular weight is 280 g/mol. The van der Waals surface area contributed by atoms with Gasteiger partial charge in [0.2, 0.25) is 0 Å². The zero-order valence-electron chi connectivity index (χ0n) is 10.2. The largest absolute Gasteiger partial charge is 0.451 e. The Morgan fingerprint density at radius 1 is 1.20 bits per heavy atom. The summed E-state index contributed by atoms with van der Waals surface area (Å²) in [5.74, 6) is -2.14. The molecule has 0 heterocycles. The van der Waals surface area contributed by atoms with Gasteiger partial charge in [-0.1, -0.05) is 12.1 Å². The minimum atomic E-state index is -0.953. The average Bonchev–Trinajstić information content (AvgIpc) is 2.42. The van der Waals surface area contributed by atoms with Crippen molar-refractivity contribution < 1.29 is 18.4 Å². The van der Waals surface area contributed by atoms with Gasteiger partial charge >= 0.3 is 0 Å². The van der Waals surface area contributed by atoms with Crippen molar-refractivity contribution in [3.8, 4) is 11.5 Å². The number of nitro benzene ring substituents is 1. The van der Waals surface area contributed by atoms with Gasteiger partial charge in [-0.05, 0) is 12.1 Å². The van der Waals surface area contributed by atoms with E-state index in [9.17, 15) is 18.9 Å². The number of hydrogen-bond donors (Lipinski definition) is 1. The fraction of sp³-hybridized carbons (Fsp3) is 0.0769. The number of ether oxygens (including phenoxy) is 1. The van der Waals surface area contributed by atoms with E-state index in [0.29, 0.717) is 11.6 Å². The van der Waals surface area contributed by atoms with Crippen LogP contribution >= 0.6 is 0 Å². The van der Waals surface area contributed by atoms with Crippen molar-refractivity contribution in [2.75, 3.05) is 0 Å². The first-order chi connectivity index (χ1) is 9.52. The van der Waals surface area contributed by atoms with Crippen molar-refractivity contribution in [3.05, 3.63) is 63.7 Å². The Labute approximate surface area is 112 Å². The molecule has 2 rings (SSSR count). The molecule has 0 fully saturated rings. The molecule has 0 aromatic heterocycles. The first-order valence-electron chi connectivity index (χ1n) is 5.62. The van der Waals surface area contributed by atoms with Gasteiger partial charge in [-0.2, -0.15) is 0 Å². The van der Waals surface area contributed by atoms with Crippen molar-refractivity contribution in [2.45, 2.75) is 6.54 Å². The predicted molar refractivity (Wildman–Crippen MR) is 67.4 cm³/mol. The Bertz CT molecular complexity index is 662. The molecule has 0 radical (unpaired) electrons. The van der Waals surface area contributed by atoms with E-state index in [1.165, 1.54) is 6.07 Å². The number of rotatable bonds is 4. The molecular formula is C13H10F2N2O3. The van der Waals surface area contributed by atoms with Crippen LogP contribution in [0.3, 0.4) is 0 Å². The Hall–Kier alpha value is -2.54. The van der Waals surface area contributed by atoms with Crippen LogP contribution in [0, 0.1) is 21.7 Å². The summed E-state index contributed by atoms with van der Waals surface area (Å²) in [5.41, 5.74) is 5.39.